The van der Waals surface area contributed by atoms with Gasteiger partial charge in [0, 0.05) is 21.5 Å². The quantitative estimate of drug-likeness (QED) is 0.783. The molecule has 1 aromatic carbocycles. The van der Waals surface area contributed by atoms with Crippen molar-refractivity contribution >= 4 is 27.2 Å². The Balaban J connectivity index is 1.95. The molecule has 0 fully saturated rings. The van der Waals surface area contributed by atoms with Crippen LogP contribution in [0.1, 0.15) is 15.3 Å². The molecule has 0 spiro atoms. The molecule has 0 aliphatic rings. The van der Waals surface area contributed by atoms with Crippen LogP contribution in [0.15, 0.2) is 47.5 Å². The van der Waals surface area contributed by atoms with Gasteiger partial charge in [-0.05, 0) is 39.0 Å². The van der Waals surface area contributed by atoms with Crippen molar-refractivity contribution in [2.24, 2.45) is 0 Å². The van der Waals surface area contributed by atoms with Crippen LogP contribution in [0.5, 0.6) is 0 Å². The van der Waals surface area contributed by atoms with E-state index < -0.39 is 10.0 Å². The molecule has 0 aliphatic carbocycles. The smallest absolute Gasteiger partial charge is 0.262 e. The second kappa shape index (κ2) is 5.82. The molecule has 0 aliphatic heterocycles. The van der Waals surface area contributed by atoms with E-state index >= 15 is 0 Å². The van der Waals surface area contributed by atoms with Crippen molar-refractivity contribution in [2.45, 2.75) is 25.7 Å². The lowest BCUT2D eigenvalue weighted by molar-refractivity contribution is 0.600. The lowest BCUT2D eigenvalue weighted by Crippen LogP contribution is -2.14. The molecule has 1 N–H and O–H groups in total. The van der Waals surface area contributed by atoms with Crippen molar-refractivity contribution in [1.82, 2.24) is 9.78 Å². The molecule has 5 nitrogen and oxygen atoms in total. The highest BCUT2D eigenvalue weighted by molar-refractivity contribution is 7.93. The van der Waals surface area contributed by atoms with Gasteiger partial charge < -0.3 is 0 Å². The highest BCUT2D eigenvalue weighted by Crippen LogP contribution is 2.27. The van der Waals surface area contributed by atoms with E-state index in [1.165, 1.54) is 11.3 Å². The second-order valence-corrected chi connectivity index (χ2v) is 8.44. The first-order valence-corrected chi connectivity index (χ1v) is 9.38. The topological polar surface area (TPSA) is 64.0 Å². The van der Waals surface area contributed by atoms with Gasteiger partial charge in [-0.2, -0.15) is 0 Å². The Morgan fingerprint density at radius 1 is 1.13 bits per heavy atom. The minimum Gasteiger partial charge on any atom is -0.262 e. The number of thiophene rings is 1. The molecular weight excluding hydrogens is 330 g/mol. The van der Waals surface area contributed by atoms with Crippen LogP contribution in [0.25, 0.3) is 5.69 Å². The third-order valence-electron chi connectivity index (χ3n) is 3.43. The molecular formula is C16H17N3O2S2. The van der Waals surface area contributed by atoms with E-state index in [4.69, 9.17) is 0 Å². The van der Waals surface area contributed by atoms with E-state index in [1.807, 2.05) is 51.1 Å². The number of aromatic nitrogens is 2. The molecule has 0 saturated heterocycles. The van der Waals surface area contributed by atoms with E-state index in [2.05, 4.69) is 9.82 Å². The Kier molecular flexibility index (Phi) is 3.99. The number of hydrogen-bond donors (Lipinski definition) is 1. The van der Waals surface area contributed by atoms with Crippen molar-refractivity contribution in [3.05, 3.63) is 57.9 Å². The van der Waals surface area contributed by atoms with Gasteiger partial charge in [0.1, 0.15) is 4.90 Å². The molecule has 0 atom stereocenters. The second-order valence-electron chi connectivity index (χ2n) is 5.32. The maximum atomic E-state index is 12.6. The van der Waals surface area contributed by atoms with Crippen LogP contribution in [0.3, 0.4) is 0 Å². The zero-order valence-corrected chi connectivity index (χ0v) is 14.7. The summed E-state index contributed by atoms with van der Waals surface area (Å²) < 4.78 is 29.4. The van der Waals surface area contributed by atoms with Crippen LogP contribution in [-0.4, -0.2) is 18.2 Å². The molecule has 0 unspecified atom stereocenters. The Morgan fingerprint density at radius 3 is 2.43 bits per heavy atom. The number of anilines is 1. The molecule has 0 amide bonds. The van der Waals surface area contributed by atoms with Crippen LogP contribution in [0, 0.1) is 20.8 Å². The number of sulfonamides is 1. The van der Waals surface area contributed by atoms with E-state index in [1.54, 1.807) is 16.9 Å². The molecule has 3 rings (SSSR count). The summed E-state index contributed by atoms with van der Waals surface area (Å²) in [5, 5.41) is 4.36. The molecule has 3 aromatic rings. The molecule has 2 aromatic heterocycles. The van der Waals surface area contributed by atoms with E-state index in [-0.39, 0.29) is 0 Å². The fourth-order valence-electron chi connectivity index (χ4n) is 2.33. The Hall–Kier alpha value is -2.12. The van der Waals surface area contributed by atoms with Crippen molar-refractivity contribution < 1.29 is 8.42 Å². The first kappa shape index (κ1) is 15.8. The van der Waals surface area contributed by atoms with Crippen molar-refractivity contribution in [1.29, 1.82) is 0 Å². The molecule has 23 heavy (non-hydrogen) atoms. The summed E-state index contributed by atoms with van der Waals surface area (Å²) in [5.74, 6) is 0.345. The van der Waals surface area contributed by atoms with Crippen molar-refractivity contribution in [2.75, 3.05) is 4.72 Å². The first-order chi connectivity index (χ1) is 10.9. The fourth-order valence-corrected chi connectivity index (χ4v) is 4.96. The minimum absolute atomic E-state index is 0.314. The third kappa shape index (κ3) is 3.16. The van der Waals surface area contributed by atoms with Crippen LogP contribution in [0.2, 0.25) is 0 Å². The SMILES string of the molecule is Cc1cc(S(=O)(=O)Nc2nn(-c3ccccc3)cc2C)c(C)s1. The minimum atomic E-state index is -3.63. The standard InChI is InChI=1S/C16H17N3O2S2/c1-11-10-19(14-7-5-4-6-8-14)17-16(11)18-23(20,21)15-9-12(2)22-13(15)3/h4-10H,1-3H3,(H,17,18). The van der Waals surface area contributed by atoms with Crippen LogP contribution < -0.4 is 4.72 Å². The van der Waals surface area contributed by atoms with Gasteiger partial charge in [0.15, 0.2) is 5.82 Å². The van der Waals surface area contributed by atoms with E-state index in [9.17, 15) is 8.42 Å². The monoisotopic (exact) mass is 347 g/mol. The predicted molar refractivity (Wildman–Crippen MR) is 92.9 cm³/mol. The summed E-state index contributed by atoms with van der Waals surface area (Å²) in [6.07, 6.45) is 1.80. The average molecular weight is 347 g/mol. The maximum Gasteiger partial charge on any atom is 0.264 e. The molecule has 2 heterocycles. The number of hydrogen-bond acceptors (Lipinski definition) is 4. The zero-order chi connectivity index (χ0) is 16.6. The Bertz CT molecular complexity index is 941. The zero-order valence-electron chi connectivity index (χ0n) is 13.1. The van der Waals surface area contributed by atoms with E-state index in [0.29, 0.717) is 10.7 Å². The van der Waals surface area contributed by atoms with E-state index in [0.717, 1.165) is 21.0 Å². The van der Waals surface area contributed by atoms with Gasteiger partial charge >= 0.3 is 0 Å². The van der Waals surface area contributed by atoms with Crippen LogP contribution in [0.4, 0.5) is 5.82 Å². The lowest BCUT2D eigenvalue weighted by atomic mass is 10.3. The summed E-state index contributed by atoms with van der Waals surface area (Å²) in [6.45, 7) is 5.53. The Morgan fingerprint density at radius 2 is 1.83 bits per heavy atom. The summed E-state index contributed by atoms with van der Waals surface area (Å²) in [7, 11) is -3.63. The maximum absolute atomic E-state index is 12.6. The van der Waals surface area contributed by atoms with Gasteiger partial charge in [0.05, 0.1) is 5.69 Å². The number of rotatable bonds is 4. The van der Waals surface area contributed by atoms with Gasteiger partial charge in [-0.1, -0.05) is 18.2 Å². The molecule has 0 bridgehead atoms. The first-order valence-electron chi connectivity index (χ1n) is 7.08. The molecule has 0 saturated carbocycles. The average Bonchev–Trinajstić information content (AvgIpc) is 3.03. The predicted octanol–water partition coefficient (Wildman–Crippen LogP) is 3.66. The van der Waals surface area contributed by atoms with Crippen LogP contribution >= 0.6 is 11.3 Å². The van der Waals surface area contributed by atoms with Crippen molar-refractivity contribution in [3.63, 3.8) is 0 Å². The summed E-state index contributed by atoms with van der Waals surface area (Å²) in [4.78, 5) is 2.05. The van der Waals surface area contributed by atoms with Crippen molar-refractivity contribution in [3.8, 4) is 5.69 Å². The Labute approximate surface area is 139 Å². The molecule has 0 radical (unpaired) electrons. The highest BCUT2D eigenvalue weighted by Gasteiger charge is 2.21. The van der Waals surface area contributed by atoms with Gasteiger partial charge in [-0.15, -0.1) is 16.4 Å². The van der Waals surface area contributed by atoms with Crippen LogP contribution in [-0.2, 0) is 10.0 Å². The molecule has 7 heteroatoms. The molecule has 120 valence electrons. The highest BCUT2D eigenvalue weighted by atomic mass is 32.2. The number of para-hydroxylation sites is 1. The summed E-state index contributed by atoms with van der Waals surface area (Å²) >= 11 is 1.47. The van der Waals surface area contributed by atoms with Gasteiger partial charge in [-0.3, -0.25) is 4.72 Å². The number of nitrogens with one attached hydrogen (secondary N) is 1. The summed E-state index contributed by atoms with van der Waals surface area (Å²) in [5.41, 5.74) is 1.64. The summed E-state index contributed by atoms with van der Waals surface area (Å²) in [6, 6.07) is 11.3. The lowest BCUT2D eigenvalue weighted by Gasteiger charge is -2.05. The number of aryl methyl sites for hydroxylation is 3. The third-order valence-corrected chi connectivity index (χ3v) is 5.99. The fraction of sp³-hybridized carbons (Fsp3) is 0.188. The number of benzene rings is 1. The van der Waals surface area contributed by atoms with Gasteiger partial charge in [-0.25, -0.2) is 13.1 Å². The normalized spacial score (nSPS) is 11.6. The van der Waals surface area contributed by atoms with Gasteiger partial charge in [0.25, 0.3) is 10.0 Å². The largest absolute Gasteiger partial charge is 0.264 e. The van der Waals surface area contributed by atoms with Gasteiger partial charge in [0.2, 0.25) is 0 Å². The number of nitrogens with zero attached hydrogens (tertiary/aromatic N) is 2.